The van der Waals surface area contributed by atoms with Gasteiger partial charge in [0, 0.05) is 55.4 Å². The Bertz CT molecular complexity index is 1730. The number of pyridine rings is 2. The van der Waals surface area contributed by atoms with Crippen molar-refractivity contribution >= 4 is 29.0 Å². The highest BCUT2D eigenvalue weighted by atomic mass is 16.2. The Morgan fingerprint density at radius 3 is 2.14 bits per heavy atom. The second kappa shape index (κ2) is 11.4. The topological polar surface area (TPSA) is 82.8 Å². The van der Waals surface area contributed by atoms with E-state index in [9.17, 15) is 9.59 Å². The number of carbonyl (C=O) groups excluding carboxylic acids is 2. The molecule has 2 amide bonds. The average molecular weight is 571 g/mol. The first-order valence-corrected chi connectivity index (χ1v) is 15.0. The van der Waals surface area contributed by atoms with Crippen LogP contribution in [0, 0.1) is 5.41 Å². The predicted molar refractivity (Wildman–Crippen MR) is 167 cm³/mol. The number of amides is 2. The Morgan fingerprint density at radius 1 is 0.698 bits per heavy atom. The standard InChI is InChI=1S/C35H34N6O2/c42-33(27-9-6-8-26(24-27)30-25-41-19-5-4-14-32(41)38-30)39-20-15-35(16-21-39)17-22-40(23-18-35)34(43)29-12-7-13-31(37-29)36-28-10-2-1-3-11-28/h1-14,19,24-25H,15-18,20-23H2,(H,36,37). The summed E-state index contributed by atoms with van der Waals surface area (Å²) in [6.07, 6.45) is 7.79. The molecule has 3 aromatic heterocycles. The van der Waals surface area contributed by atoms with Gasteiger partial charge in [-0.3, -0.25) is 9.59 Å². The molecule has 7 rings (SSSR count). The van der Waals surface area contributed by atoms with Crippen LogP contribution >= 0.6 is 0 Å². The molecular weight excluding hydrogens is 536 g/mol. The normalized spacial score (nSPS) is 16.4. The second-order valence-corrected chi connectivity index (χ2v) is 11.7. The van der Waals surface area contributed by atoms with E-state index in [2.05, 4.69) is 10.3 Å². The van der Waals surface area contributed by atoms with Crippen molar-refractivity contribution in [1.82, 2.24) is 24.2 Å². The summed E-state index contributed by atoms with van der Waals surface area (Å²) < 4.78 is 1.99. The fraction of sp³-hybridized carbons (Fsp3) is 0.257. The second-order valence-electron chi connectivity index (χ2n) is 11.7. The van der Waals surface area contributed by atoms with E-state index < -0.39 is 0 Å². The number of carbonyl (C=O) groups is 2. The molecule has 0 radical (unpaired) electrons. The number of aromatic nitrogens is 3. The highest BCUT2D eigenvalue weighted by Crippen LogP contribution is 2.41. The number of nitrogens with one attached hydrogen (secondary N) is 1. The van der Waals surface area contributed by atoms with Crippen molar-refractivity contribution in [3.05, 3.63) is 115 Å². The van der Waals surface area contributed by atoms with Crippen LogP contribution in [-0.4, -0.2) is 62.2 Å². The lowest BCUT2D eigenvalue weighted by Gasteiger charge is -2.46. The Kier molecular flexibility index (Phi) is 7.10. The lowest BCUT2D eigenvalue weighted by Crippen LogP contribution is -2.49. The van der Waals surface area contributed by atoms with Crippen molar-refractivity contribution in [3.8, 4) is 11.3 Å². The van der Waals surface area contributed by atoms with Gasteiger partial charge in [0.2, 0.25) is 0 Å². The Labute approximate surface area is 251 Å². The van der Waals surface area contributed by atoms with E-state index in [4.69, 9.17) is 4.98 Å². The first-order chi connectivity index (χ1) is 21.1. The monoisotopic (exact) mass is 570 g/mol. The fourth-order valence-electron chi connectivity index (χ4n) is 6.39. The summed E-state index contributed by atoms with van der Waals surface area (Å²) in [5.74, 6) is 0.708. The van der Waals surface area contributed by atoms with Gasteiger partial charge in [0.15, 0.2) is 0 Å². The van der Waals surface area contributed by atoms with Crippen molar-refractivity contribution in [2.45, 2.75) is 25.7 Å². The maximum atomic E-state index is 13.5. The molecule has 0 atom stereocenters. The van der Waals surface area contributed by atoms with Crippen LogP contribution < -0.4 is 5.32 Å². The third kappa shape index (κ3) is 5.60. The van der Waals surface area contributed by atoms with Crippen molar-refractivity contribution < 1.29 is 9.59 Å². The van der Waals surface area contributed by atoms with Crippen molar-refractivity contribution in [2.24, 2.45) is 5.41 Å². The van der Waals surface area contributed by atoms with Crippen LogP contribution in [0.4, 0.5) is 11.5 Å². The number of benzene rings is 2. The number of piperidine rings is 2. The predicted octanol–water partition coefficient (Wildman–Crippen LogP) is 6.30. The first kappa shape index (κ1) is 26.9. The van der Waals surface area contributed by atoms with E-state index in [-0.39, 0.29) is 17.2 Å². The summed E-state index contributed by atoms with van der Waals surface area (Å²) in [6.45, 7) is 2.90. The Balaban J connectivity index is 0.952. The summed E-state index contributed by atoms with van der Waals surface area (Å²) in [4.78, 5) is 40.1. The number of fused-ring (bicyclic) bond motifs is 1. The summed E-state index contributed by atoms with van der Waals surface area (Å²) in [5.41, 5.74) is 4.95. The molecule has 2 saturated heterocycles. The maximum Gasteiger partial charge on any atom is 0.272 e. The van der Waals surface area contributed by atoms with Gasteiger partial charge in [-0.2, -0.15) is 0 Å². The van der Waals surface area contributed by atoms with Crippen molar-refractivity contribution in [1.29, 1.82) is 0 Å². The number of nitrogens with zero attached hydrogens (tertiary/aromatic N) is 5. The molecule has 0 bridgehead atoms. The third-order valence-corrected chi connectivity index (χ3v) is 9.01. The largest absolute Gasteiger partial charge is 0.340 e. The molecule has 8 heteroatoms. The zero-order valence-corrected chi connectivity index (χ0v) is 24.0. The van der Waals surface area contributed by atoms with Crippen molar-refractivity contribution in [2.75, 3.05) is 31.5 Å². The van der Waals surface area contributed by atoms with Crippen LogP contribution in [0.15, 0.2) is 103 Å². The van der Waals surface area contributed by atoms with Gasteiger partial charge in [-0.15, -0.1) is 0 Å². The highest BCUT2D eigenvalue weighted by Gasteiger charge is 2.40. The van der Waals surface area contributed by atoms with E-state index in [0.29, 0.717) is 30.2 Å². The number of rotatable bonds is 5. The summed E-state index contributed by atoms with van der Waals surface area (Å²) in [5, 5.41) is 3.27. The minimum absolute atomic E-state index is 0.0235. The molecule has 2 aromatic carbocycles. The molecule has 1 spiro atoms. The van der Waals surface area contributed by atoms with Gasteiger partial charge in [-0.1, -0.05) is 42.5 Å². The van der Waals surface area contributed by atoms with Crippen LogP contribution in [0.2, 0.25) is 0 Å². The first-order valence-electron chi connectivity index (χ1n) is 15.0. The molecule has 8 nitrogen and oxygen atoms in total. The van der Waals surface area contributed by atoms with Crippen LogP contribution in [0.25, 0.3) is 16.9 Å². The van der Waals surface area contributed by atoms with Gasteiger partial charge >= 0.3 is 0 Å². The quantitative estimate of drug-likeness (QED) is 0.268. The smallest absolute Gasteiger partial charge is 0.272 e. The molecule has 216 valence electrons. The molecule has 43 heavy (non-hydrogen) atoms. The molecule has 5 heterocycles. The van der Waals surface area contributed by atoms with E-state index >= 15 is 0 Å². The molecule has 2 fully saturated rings. The SMILES string of the molecule is O=C(c1cccc(-c2cn3ccccc3n2)c1)N1CCC2(CC1)CCN(C(=O)c1cccc(Nc3ccccc3)n1)CC2. The lowest BCUT2D eigenvalue weighted by atomic mass is 9.71. The number of para-hydroxylation sites is 1. The van der Waals surface area contributed by atoms with Gasteiger partial charge < -0.3 is 19.5 Å². The average Bonchev–Trinajstić information content (AvgIpc) is 3.50. The summed E-state index contributed by atoms with van der Waals surface area (Å²) in [7, 11) is 0. The molecular formula is C35H34N6O2. The number of hydrogen-bond acceptors (Lipinski definition) is 5. The Morgan fingerprint density at radius 2 is 1.40 bits per heavy atom. The highest BCUT2D eigenvalue weighted by molar-refractivity contribution is 5.95. The van der Waals surface area contributed by atoms with Crippen LogP contribution in [0.3, 0.4) is 0 Å². The van der Waals surface area contributed by atoms with Crippen LogP contribution in [0.1, 0.15) is 46.5 Å². The number of likely N-dealkylation sites (tertiary alicyclic amines) is 2. The Hall–Kier alpha value is -4.98. The van der Waals surface area contributed by atoms with E-state index in [1.165, 1.54) is 0 Å². The van der Waals surface area contributed by atoms with Crippen LogP contribution in [-0.2, 0) is 0 Å². The number of imidazole rings is 1. The van der Waals surface area contributed by atoms with Gasteiger partial charge in [0.25, 0.3) is 11.8 Å². The lowest BCUT2D eigenvalue weighted by molar-refractivity contribution is 0.0278. The van der Waals surface area contributed by atoms with Gasteiger partial charge in [-0.05, 0) is 79.6 Å². The fourth-order valence-corrected chi connectivity index (χ4v) is 6.39. The van der Waals surface area contributed by atoms with E-state index in [1.807, 2.05) is 112 Å². The molecule has 0 aliphatic carbocycles. The number of hydrogen-bond donors (Lipinski definition) is 1. The molecule has 1 N–H and O–H groups in total. The maximum absolute atomic E-state index is 13.5. The molecule has 2 aliphatic heterocycles. The van der Waals surface area contributed by atoms with Gasteiger partial charge in [0.1, 0.15) is 17.2 Å². The molecule has 5 aromatic rings. The minimum Gasteiger partial charge on any atom is -0.340 e. The van der Waals surface area contributed by atoms with Gasteiger partial charge in [0.05, 0.1) is 5.69 Å². The van der Waals surface area contributed by atoms with E-state index in [1.54, 1.807) is 6.07 Å². The zero-order valence-electron chi connectivity index (χ0n) is 24.0. The zero-order chi connectivity index (χ0) is 29.2. The minimum atomic E-state index is -0.0235. The van der Waals surface area contributed by atoms with Gasteiger partial charge in [-0.25, -0.2) is 9.97 Å². The van der Waals surface area contributed by atoms with Crippen molar-refractivity contribution in [3.63, 3.8) is 0 Å². The summed E-state index contributed by atoms with van der Waals surface area (Å²) in [6, 6.07) is 29.1. The third-order valence-electron chi connectivity index (χ3n) is 9.01. The van der Waals surface area contributed by atoms with Crippen LogP contribution in [0.5, 0.6) is 0 Å². The summed E-state index contributed by atoms with van der Waals surface area (Å²) >= 11 is 0. The number of anilines is 2. The molecule has 2 aliphatic rings. The van der Waals surface area contributed by atoms with E-state index in [0.717, 1.165) is 61.4 Å². The molecule has 0 unspecified atom stereocenters. The molecule has 0 saturated carbocycles.